The molecule has 5 heteroatoms. The number of para-hydroxylation sites is 1. The van der Waals surface area contributed by atoms with Gasteiger partial charge in [0, 0.05) is 36.4 Å². The van der Waals surface area contributed by atoms with Crippen LogP contribution in [0.4, 0.5) is 10.5 Å². The quantitative estimate of drug-likeness (QED) is 0.733. The van der Waals surface area contributed by atoms with E-state index in [0.29, 0.717) is 6.54 Å². The SMILES string of the molecule is Cc1ccc(NC(=O)NCC(c2cn(C)c3ccccc23)N(C)C)cc1. The molecule has 0 aliphatic heterocycles. The standard InChI is InChI=1S/C21H26N4O/c1-15-9-11-16(12-10-15)23-21(26)22-13-20(24(2)3)18-14-25(4)19-8-6-5-7-17(18)19/h5-12,14,20H,13H2,1-4H3,(H2,22,23,26). The van der Waals surface area contributed by atoms with Crippen LogP contribution in [0.5, 0.6) is 0 Å². The first-order valence-corrected chi connectivity index (χ1v) is 8.77. The Morgan fingerprint density at radius 3 is 2.50 bits per heavy atom. The van der Waals surface area contributed by atoms with Crippen molar-refractivity contribution in [2.75, 3.05) is 26.0 Å². The Morgan fingerprint density at radius 2 is 1.81 bits per heavy atom. The molecule has 0 radical (unpaired) electrons. The van der Waals surface area contributed by atoms with E-state index < -0.39 is 0 Å². The number of benzene rings is 2. The first kappa shape index (κ1) is 18.0. The van der Waals surface area contributed by atoms with Gasteiger partial charge in [0.2, 0.25) is 0 Å². The number of fused-ring (bicyclic) bond motifs is 1. The molecule has 2 aromatic carbocycles. The van der Waals surface area contributed by atoms with Gasteiger partial charge in [-0.15, -0.1) is 0 Å². The van der Waals surface area contributed by atoms with Crippen molar-refractivity contribution in [3.8, 4) is 0 Å². The van der Waals surface area contributed by atoms with Crippen LogP contribution in [0, 0.1) is 6.92 Å². The van der Waals surface area contributed by atoms with Crippen molar-refractivity contribution in [1.82, 2.24) is 14.8 Å². The average Bonchev–Trinajstić information content (AvgIpc) is 2.94. The van der Waals surface area contributed by atoms with Gasteiger partial charge in [0.05, 0.1) is 6.04 Å². The molecule has 1 unspecified atom stereocenters. The lowest BCUT2D eigenvalue weighted by Crippen LogP contribution is -2.36. The number of nitrogens with zero attached hydrogens (tertiary/aromatic N) is 2. The molecule has 5 nitrogen and oxygen atoms in total. The zero-order valence-corrected chi connectivity index (χ0v) is 15.8. The van der Waals surface area contributed by atoms with Crippen LogP contribution in [0.2, 0.25) is 0 Å². The molecule has 3 aromatic rings. The van der Waals surface area contributed by atoms with Crippen molar-refractivity contribution >= 4 is 22.6 Å². The van der Waals surface area contributed by atoms with E-state index in [9.17, 15) is 4.79 Å². The third-order valence-electron chi connectivity index (χ3n) is 4.68. The number of aryl methyl sites for hydroxylation is 2. The van der Waals surface area contributed by atoms with Crippen LogP contribution in [0.15, 0.2) is 54.7 Å². The number of hydrogen-bond donors (Lipinski definition) is 2. The monoisotopic (exact) mass is 350 g/mol. The Labute approximate surface area is 154 Å². The summed E-state index contributed by atoms with van der Waals surface area (Å²) in [6, 6.07) is 16.0. The van der Waals surface area contributed by atoms with Crippen LogP contribution in [-0.4, -0.2) is 36.1 Å². The third-order valence-corrected chi connectivity index (χ3v) is 4.68. The minimum absolute atomic E-state index is 0.0878. The van der Waals surface area contributed by atoms with Crippen molar-refractivity contribution in [2.45, 2.75) is 13.0 Å². The fraction of sp³-hybridized carbons (Fsp3) is 0.286. The number of amides is 2. The highest BCUT2D eigenvalue weighted by atomic mass is 16.2. The fourth-order valence-electron chi connectivity index (χ4n) is 3.21. The summed E-state index contributed by atoms with van der Waals surface area (Å²) in [5.74, 6) is 0. The molecule has 26 heavy (non-hydrogen) atoms. The Morgan fingerprint density at radius 1 is 1.12 bits per heavy atom. The van der Waals surface area contributed by atoms with E-state index in [1.807, 2.05) is 51.4 Å². The number of anilines is 1. The molecule has 0 spiro atoms. The first-order valence-electron chi connectivity index (χ1n) is 8.77. The molecule has 0 fully saturated rings. The molecule has 1 aromatic heterocycles. The van der Waals surface area contributed by atoms with Crippen LogP contribution >= 0.6 is 0 Å². The van der Waals surface area contributed by atoms with Crippen LogP contribution < -0.4 is 10.6 Å². The largest absolute Gasteiger partial charge is 0.350 e. The van der Waals surface area contributed by atoms with Gasteiger partial charge in [-0.25, -0.2) is 4.79 Å². The summed E-state index contributed by atoms with van der Waals surface area (Å²) in [6.45, 7) is 2.55. The molecular formula is C21H26N4O. The second kappa shape index (κ2) is 7.62. The van der Waals surface area contributed by atoms with Crippen molar-refractivity contribution in [1.29, 1.82) is 0 Å². The van der Waals surface area contributed by atoms with Crippen molar-refractivity contribution in [3.05, 3.63) is 65.9 Å². The second-order valence-electron chi connectivity index (χ2n) is 6.89. The maximum absolute atomic E-state index is 12.3. The van der Waals surface area contributed by atoms with Gasteiger partial charge < -0.3 is 20.1 Å². The minimum atomic E-state index is -0.194. The van der Waals surface area contributed by atoms with Gasteiger partial charge in [-0.1, -0.05) is 35.9 Å². The van der Waals surface area contributed by atoms with Crippen molar-refractivity contribution < 1.29 is 4.79 Å². The van der Waals surface area contributed by atoms with Gasteiger partial charge in [0.1, 0.15) is 0 Å². The Kier molecular flexibility index (Phi) is 5.28. The highest BCUT2D eigenvalue weighted by Gasteiger charge is 2.20. The molecule has 1 atom stereocenters. The predicted octanol–water partition coefficient (Wildman–Crippen LogP) is 3.91. The van der Waals surface area contributed by atoms with Crippen LogP contribution in [0.3, 0.4) is 0 Å². The van der Waals surface area contributed by atoms with Gasteiger partial charge in [0.25, 0.3) is 0 Å². The normalized spacial score (nSPS) is 12.3. The number of rotatable bonds is 5. The molecule has 0 aliphatic rings. The summed E-state index contributed by atoms with van der Waals surface area (Å²) in [7, 11) is 6.12. The Balaban J connectivity index is 1.72. The zero-order chi connectivity index (χ0) is 18.7. The van der Waals surface area contributed by atoms with Gasteiger partial charge >= 0.3 is 6.03 Å². The summed E-state index contributed by atoms with van der Waals surface area (Å²) in [6.07, 6.45) is 2.15. The number of hydrogen-bond acceptors (Lipinski definition) is 2. The number of aromatic nitrogens is 1. The zero-order valence-electron chi connectivity index (χ0n) is 15.8. The summed E-state index contributed by atoms with van der Waals surface area (Å²) in [4.78, 5) is 14.4. The number of urea groups is 1. The van der Waals surface area contributed by atoms with Crippen molar-refractivity contribution in [3.63, 3.8) is 0 Å². The summed E-state index contributed by atoms with van der Waals surface area (Å²) < 4.78 is 2.13. The van der Waals surface area contributed by atoms with Gasteiger partial charge in [-0.2, -0.15) is 0 Å². The maximum atomic E-state index is 12.3. The smallest absolute Gasteiger partial charge is 0.319 e. The highest BCUT2D eigenvalue weighted by Crippen LogP contribution is 2.28. The Hall–Kier alpha value is -2.79. The summed E-state index contributed by atoms with van der Waals surface area (Å²) >= 11 is 0. The average molecular weight is 350 g/mol. The lowest BCUT2D eigenvalue weighted by atomic mass is 10.0. The van der Waals surface area contributed by atoms with E-state index in [1.54, 1.807) is 0 Å². The molecule has 0 aliphatic carbocycles. The fourth-order valence-corrected chi connectivity index (χ4v) is 3.21. The maximum Gasteiger partial charge on any atom is 0.319 e. The third kappa shape index (κ3) is 3.89. The minimum Gasteiger partial charge on any atom is -0.350 e. The van der Waals surface area contributed by atoms with E-state index in [4.69, 9.17) is 0 Å². The lowest BCUT2D eigenvalue weighted by molar-refractivity contribution is 0.243. The number of carbonyl (C=O) groups excluding carboxylic acids is 1. The van der Waals surface area contributed by atoms with E-state index in [2.05, 4.69) is 51.5 Å². The number of carbonyl (C=O) groups is 1. The molecule has 0 saturated heterocycles. The Bertz CT molecular complexity index is 896. The highest BCUT2D eigenvalue weighted by molar-refractivity contribution is 5.89. The number of nitrogens with one attached hydrogen (secondary N) is 2. The van der Waals surface area contributed by atoms with E-state index in [0.717, 1.165) is 5.69 Å². The first-order chi connectivity index (χ1) is 12.5. The number of likely N-dealkylation sites (N-methyl/N-ethyl adjacent to an activating group) is 1. The molecule has 136 valence electrons. The second-order valence-corrected chi connectivity index (χ2v) is 6.89. The van der Waals surface area contributed by atoms with Crippen molar-refractivity contribution in [2.24, 2.45) is 7.05 Å². The summed E-state index contributed by atoms with van der Waals surface area (Å²) in [5.41, 5.74) is 4.36. The van der Waals surface area contributed by atoms with Crippen LogP contribution in [0.1, 0.15) is 17.2 Å². The van der Waals surface area contributed by atoms with Gasteiger partial charge in [0.15, 0.2) is 0 Å². The molecule has 1 heterocycles. The summed E-state index contributed by atoms with van der Waals surface area (Å²) in [5, 5.41) is 7.10. The molecule has 2 amide bonds. The molecule has 0 saturated carbocycles. The van der Waals surface area contributed by atoms with E-state index >= 15 is 0 Å². The van der Waals surface area contributed by atoms with Gasteiger partial charge in [-0.05, 0) is 44.8 Å². The molecule has 3 rings (SSSR count). The van der Waals surface area contributed by atoms with Gasteiger partial charge in [-0.3, -0.25) is 0 Å². The van der Waals surface area contributed by atoms with Crippen LogP contribution in [0.25, 0.3) is 10.9 Å². The lowest BCUT2D eigenvalue weighted by Gasteiger charge is -2.24. The molecule has 0 bridgehead atoms. The predicted molar refractivity (Wildman–Crippen MR) is 108 cm³/mol. The van der Waals surface area contributed by atoms with E-state index in [-0.39, 0.29) is 12.1 Å². The van der Waals surface area contributed by atoms with E-state index in [1.165, 1.54) is 22.0 Å². The molecule has 2 N–H and O–H groups in total. The van der Waals surface area contributed by atoms with Crippen LogP contribution in [-0.2, 0) is 7.05 Å². The topological polar surface area (TPSA) is 49.3 Å². The molecular weight excluding hydrogens is 324 g/mol.